The van der Waals surface area contributed by atoms with Crippen LogP contribution in [0.15, 0.2) is 30.3 Å². The largest absolute Gasteiger partial charge is 0.379 e. The minimum Gasteiger partial charge on any atom is -0.379 e. The first kappa shape index (κ1) is 11.1. The second kappa shape index (κ2) is 4.32. The van der Waals surface area contributed by atoms with Gasteiger partial charge in [-0.05, 0) is 40.8 Å². The first-order chi connectivity index (χ1) is 8.27. The van der Waals surface area contributed by atoms with Crippen molar-refractivity contribution in [2.75, 3.05) is 13.2 Å². The lowest BCUT2D eigenvalue weighted by molar-refractivity contribution is 0.144. The fourth-order valence-corrected chi connectivity index (χ4v) is 2.94. The van der Waals surface area contributed by atoms with Crippen LogP contribution in [0.5, 0.6) is 0 Å². The molecule has 1 aliphatic heterocycles. The van der Waals surface area contributed by atoms with Crippen LogP contribution in [-0.2, 0) is 11.2 Å². The summed E-state index contributed by atoms with van der Waals surface area (Å²) in [7, 11) is 0. The summed E-state index contributed by atoms with van der Waals surface area (Å²) < 4.78 is 5.55. The molecule has 0 spiro atoms. The van der Waals surface area contributed by atoms with Gasteiger partial charge in [-0.1, -0.05) is 30.3 Å². The molecular formula is C15H15ClO. The van der Waals surface area contributed by atoms with Crippen LogP contribution in [0.25, 0.3) is 10.8 Å². The van der Waals surface area contributed by atoms with Crippen molar-refractivity contribution in [1.82, 2.24) is 0 Å². The Bertz CT molecular complexity index is 562. The molecule has 0 amide bonds. The van der Waals surface area contributed by atoms with E-state index in [9.17, 15) is 0 Å². The first-order valence-electron chi connectivity index (χ1n) is 6.00. The van der Waals surface area contributed by atoms with E-state index in [1.807, 2.05) is 0 Å². The molecule has 17 heavy (non-hydrogen) atoms. The number of fused-ring (bicyclic) bond motifs is 3. The molecule has 0 radical (unpaired) electrons. The lowest BCUT2D eigenvalue weighted by atomic mass is 9.92. The van der Waals surface area contributed by atoms with Crippen LogP contribution in [-0.4, -0.2) is 13.2 Å². The molecule has 88 valence electrons. The summed E-state index contributed by atoms with van der Waals surface area (Å²) >= 11 is 6.40. The molecule has 1 unspecified atom stereocenters. The van der Waals surface area contributed by atoms with E-state index in [0.717, 1.165) is 13.0 Å². The van der Waals surface area contributed by atoms with Crippen molar-refractivity contribution in [2.45, 2.75) is 18.7 Å². The Morgan fingerprint density at radius 3 is 2.82 bits per heavy atom. The van der Waals surface area contributed by atoms with Crippen LogP contribution in [0.4, 0.5) is 0 Å². The smallest absolute Gasteiger partial charge is 0.0822 e. The molecule has 0 N–H and O–H groups in total. The first-order valence-corrected chi connectivity index (χ1v) is 6.44. The average molecular weight is 247 g/mol. The van der Waals surface area contributed by atoms with Crippen LogP contribution in [0.3, 0.4) is 0 Å². The Balaban J connectivity index is 2.34. The van der Waals surface area contributed by atoms with Crippen LogP contribution < -0.4 is 0 Å². The van der Waals surface area contributed by atoms with Crippen molar-refractivity contribution < 1.29 is 4.74 Å². The van der Waals surface area contributed by atoms with E-state index < -0.39 is 0 Å². The highest BCUT2D eigenvalue weighted by Gasteiger charge is 2.19. The molecule has 2 aromatic carbocycles. The van der Waals surface area contributed by atoms with Crippen molar-refractivity contribution in [1.29, 1.82) is 0 Å². The molecule has 3 rings (SSSR count). The van der Waals surface area contributed by atoms with Gasteiger partial charge in [0.1, 0.15) is 0 Å². The van der Waals surface area contributed by atoms with E-state index in [-0.39, 0.29) is 5.38 Å². The van der Waals surface area contributed by atoms with Crippen molar-refractivity contribution in [3.05, 3.63) is 47.0 Å². The Morgan fingerprint density at radius 2 is 2.00 bits per heavy atom. The third kappa shape index (κ3) is 1.84. The summed E-state index contributed by atoms with van der Waals surface area (Å²) in [5.74, 6) is 0. The second-order valence-corrected chi connectivity index (χ2v) is 5.13. The predicted molar refractivity (Wildman–Crippen MR) is 71.8 cm³/mol. The lowest BCUT2D eigenvalue weighted by Gasteiger charge is -2.15. The van der Waals surface area contributed by atoms with E-state index in [1.165, 1.54) is 27.5 Å². The molecule has 0 bridgehead atoms. The van der Waals surface area contributed by atoms with Gasteiger partial charge in [-0.2, -0.15) is 0 Å². The van der Waals surface area contributed by atoms with Gasteiger partial charge in [0, 0.05) is 0 Å². The van der Waals surface area contributed by atoms with Crippen LogP contribution in [0, 0.1) is 6.92 Å². The molecule has 2 aromatic rings. The standard InChI is InChI=1S/C15H15ClO/c1-10-8-14-13(6-7-17-9-15(14)16)12-5-3-2-4-11(10)12/h2-5,8,15H,6-7,9H2,1H3. The SMILES string of the molecule is Cc1cc2c(c3ccccc13)CCOCC2Cl. The molecule has 0 aromatic heterocycles. The van der Waals surface area contributed by atoms with Gasteiger partial charge in [-0.3, -0.25) is 0 Å². The second-order valence-electron chi connectivity index (χ2n) is 4.60. The summed E-state index contributed by atoms with van der Waals surface area (Å²) in [4.78, 5) is 0. The average Bonchev–Trinajstić information content (AvgIpc) is 2.53. The van der Waals surface area contributed by atoms with Gasteiger partial charge >= 0.3 is 0 Å². The fourth-order valence-electron chi connectivity index (χ4n) is 2.65. The Kier molecular flexibility index (Phi) is 2.81. The molecule has 0 aliphatic carbocycles. The number of alkyl halides is 1. The highest BCUT2D eigenvalue weighted by molar-refractivity contribution is 6.21. The molecule has 1 atom stereocenters. The molecule has 0 fully saturated rings. The van der Waals surface area contributed by atoms with Crippen LogP contribution in [0.1, 0.15) is 22.1 Å². The molecule has 2 heteroatoms. The zero-order chi connectivity index (χ0) is 11.8. The Hall–Kier alpha value is -1.05. The topological polar surface area (TPSA) is 9.23 Å². The maximum Gasteiger partial charge on any atom is 0.0822 e. The molecular weight excluding hydrogens is 232 g/mol. The van der Waals surface area contributed by atoms with Gasteiger partial charge < -0.3 is 4.74 Å². The maximum absolute atomic E-state index is 6.40. The van der Waals surface area contributed by atoms with E-state index in [0.29, 0.717) is 6.61 Å². The van der Waals surface area contributed by atoms with Gasteiger partial charge in [0.05, 0.1) is 18.6 Å². The zero-order valence-corrected chi connectivity index (χ0v) is 10.6. The third-order valence-corrected chi connectivity index (χ3v) is 3.86. The number of hydrogen-bond acceptors (Lipinski definition) is 1. The molecule has 1 nitrogen and oxygen atoms in total. The van der Waals surface area contributed by atoms with Gasteiger partial charge in [0.15, 0.2) is 0 Å². The Morgan fingerprint density at radius 1 is 1.24 bits per heavy atom. The van der Waals surface area contributed by atoms with Crippen molar-refractivity contribution in [3.8, 4) is 0 Å². The summed E-state index contributed by atoms with van der Waals surface area (Å²) in [6, 6.07) is 10.8. The van der Waals surface area contributed by atoms with Gasteiger partial charge in [-0.25, -0.2) is 0 Å². The summed E-state index contributed by atoms with van der Waals surface area (Å²) in [6.45, 7) is 3.54. The number of rotatable bonds is 0. The highest BCUT2D eigenvalue weighted by atomic mass is 35.5. The van der Waals surface area contributed by atoms with E-state index in [2.05, 4.69) is 37.3 Å². The Labute approximate surface area is 106 Å². The van der Waals surface area contributed by atoms with Crippen molar-refractivity contribution >= 4 is 22.4 Å². The minimum absolute atomic E-state index is 0.0178. The van der Waals surface area contributed by atoms with E-state index >= 15 is 0 Å². The monoisotopic (exact) mass is 246 g/mol. The minimum atomic E-state index is -0.0178. The lowest BCUT2D eigenvalue weighted by Crippen LogP contribution is -2.00. The summed E-state index contributed by atoms with van der Waals surface area (Å²) in [6.07, 6.45) is 0.958. The molecule has 0 saturated carbocycles. The van der Waals surface area contributed by atoms with E-state index in [4.69, 9.17) is 16.3 Å². The number of benzene rings is 2. The number of ether oxygens (including phenoxy) is 1. The number of aryl methyl sites for hydroxylation is 1. The third-order valence-electron chi connectivity index (χ3n) is 3.50. The zero-order valence-electron chi connectivity index (χ0n) is 9.87. The van der Waals surface area contributed by atoms with Gasteiger partial charge in [0.25, 0.3) is 0 Å². The van der Waals surface area contributed by atoms with E-state index in [1.54, 1.807) is 0 Å². The molecule has 0 saturated heterocycles. The van der Waals surface area contributed by atoms with Crippen LogP contribution >= 0.6 is 11.6 Å². The quantitative estimate of drug-likeness (QED) is 0.639. The maximum atomic E-state index is 6.40. The number of hydrogen-bond donors (Lipinski definition) is 0. The summed E-state index contributed by atoms with van der Waals surface area (Å²) in [5, 5.41) is 2.64. The fraction of sp³-hybridized carbons (Fsp3) is 0.333. The predicted octanol–water partition coefficient (Wildman–Crippen LogP) is 4.00. The molecule has 1 heterocycles. The molecule has 1 aliphatic rings. The van der Waals surface area contributed by atoms with Crippen LogP contribution in [0.2, 0.25) is 0 Å². The van der Waals surface area contributed by atoms with Gasteiger partial charge in [0.2, 0.25) is 0 Å². The van der Waals surface area contributed by atoms with Gasteiger partial charge in [-0.15, -0.1) is 11.6 Å². The highest BCUT2D eigenvalue weighted by Crippen LogP contribution is 2.34. The summed E-state index contributed by atoms with van der Waals surface area (Å²) in [5.41, 5.74) is 3.91. The van der Waals surface area contributed by atoms with Crippen molar-refractivity contribution in [2.24, 2.45) is 0 Å². The van der Waals surface area contributed by atoms with Crippen molar-refractivity contribution in [3.63, 3.8) is 0 Å². The normalized spacial score (nSPS) is 20.0. The number of halogens is 1.